The van der Waals surface area contributed by atoms with Crippen molar-refractivity contribution in [2.45, 2.75) is 44.9 Å². The van der Waals surface area contributed by atoms with E-state index in [9.17, 15) is 27.2 Å². The van der Waals surface area contributed by atoms with Crippen molar-refractivity contribution in [3.8, 4) is 11.5 Å². The highest BCUT2D eigenvalue weighted by atomic mass is 19.3. The van der Waals surface area contributed by atoms with Crippen LogP contribution in [0.15, 0.2) is 18.2 Å². The molecule has 0 aliphatic heterocycles. The molecule has 0 spiro atoms. The van der Waals surface area contributed by atoms with E-state index in [1.807, 2.05) is 0 Å². The maximum atomic E-state index is 12.5. The average Bonchev–Trinajstić information content (AvgIpc) is 2.56. The standard InChI is InChI=1S/C16H18F4N2O5/c17-14(18)26-10-5-6-11(12(7-10)27-15(19)20)22-16(25)21-9-3-1-8(2-4-9)13(23)24/h5-9,14-15H,1-4H2,(H,23,24)(H2,21,22,25). The highest BCUT2D eigenvalue weighted by molar-refractivity contribution is 5.91. The van der Waals surface area contributed by atoms with Gasteiger partial charge < -0.3 is 25.2 Å². The van der Waals surface area contributed by atoms with Crippen molar-refractivity contribution >= 4 is 17.7 Å². The van der Waals surface area contributed by atoms with Gasteiger partial charge in [-0.3, -0.25) is 4.79 Å². The van der Waals surface area contributed by atoms with Crippen LogP contribution < -0.4 is 20.1 Å². The number of carbonyl (C=O) groups excluding carboxylic acids is 1. The van der Waals surface area contributed by atoms with Crippen LogP contribution in [0.3, 0.4) is 0 Å². The zero-order valence-corrected chi connectivity index (χ0v) is 14.0. The number of aliphatic carboxylic acids is 1. The third kappa shape index (κ3) is 6.50. The van der Waals surface area contributed by atoms with E-state index in [1.54, 1.807) is 0 Å². The van der Waals surface area contributed by atoms with Crippen LogP contribution in [0, 0.1) is 5.92 Å². The topological polar surface area (TPSA) is 96.9 Å². The van der Waals surface area contributed by atoms with Gasteiger partial charge in [-0.25, -0.2) is 4.79 Å². The first-order valence-electron chi connectivity index (χ1n) is 8.08. The first-order valence-corrected chi connectivity index (χ1v) is 8.08. The van der Waals surface area contributed by atoms with Crippen LogP contribution in [0.4, 0.5) is 28.0 Å². The Balaban J connectivity index is 1.98. The first-order chi connectivity index (χ1) is 12.7. The number of hydrogen-bond acceptors (Lipinski definition) is 4. The number of halogens is 4. The van der Waals surface area contributed by atoms with Crippen molar-refractivity contribution in [1.29, 1.82) is 0 Å². The lowest BCUT2D eigenvalue weighted by atomic mass is 9.86. The minimum absolute atomic E-state index is 0.159. The molecule has 0 aromatic heterocycles. The van der Waals surface area contributed by atoms with Crippen molar-refractivity contribution in [2.24, 2.45) is 5.92 Å². The smallest absolute Gasteiger partial charge is 0.387 e. The van der Waals surface area contributed by atoms with Crippen LogP contribution >= 0.6 is 0 Å². The second-order valence-corrected chi connectivity index (χ2v) is 5.90. The minimum Gasteiger partial charge on any atom is -0.481 e. The zero-order chi connectivity index (χ0) is 20.0. The number of benzene rings is 1. The highest BCUT2D eigenvalue weighted by Gasteiger charge is 2.27. The van der Waals surface area contributed by atoms with E-state index in [0.717, 1.165) is 18.2 Å². The van der Waals surface area contributed by atoms with Crippen molar-refractivity contribution in [1.82, 2.24) is 5.32 Å². The van der Waals surface area contributed by atoms with E-state index in [4.69, 9.17) is 5.11 Å². The number of urea groups is 1. The molecule has 150 valence electrons. The second-order valence-electron chi connectivity index (χ2n) is 5.90. The van der Waals surface area contributed by atoms with Gasteiger partial charge in [0.15, 0.2) is 5.75 Å². The van der Waals surface area contributed by atoms with Crippen LogP contribution in [0.5, 0.6) is 11.5 Å². The summed E-state index contributed by atoms with van der Waals surface area (Å²) >= 11 is 0. The number of carbonyl (C=O) groups is 2. The van der Waals surface area contributed by atoms with Crippen LogP contribution in [0.1, 0.15) is 25.7 Å². The molecule has 2 rings (SSSR count). The zero-order valence-electron chi connectivity index (χ0n) is 14.0. The van der Waals surface area contributed by atoms with E-state index in [-0.39, 0.29) is 11.7 Å². The lowest BCUT2D eigenvalue weighted by Crippen LogP contribution is -2.41. The van der Waals surface area contributed by atoms with Crippen molar-refractivity contribution in [2.75, 3.05) is 5.32 Å². The quantitative estimate of drug-likeness (QED) is 0.614. The molecule has 1 saturated carbocycles. The van der Waals surface area contributed by atoms with Crippen LogP contribution in [0.25, 0.3) is 0 Å². The van der Waals surface area contributed by atoms with Gasteiger partial charge in [0.25, 0.3) is 0 Å². The SMILES string of the molecule is O=C(Nc1ccc(OC(F)F)cc1OC(F)F)NC1CCC(C(=O)O)CC1. The Morgan fingerprint density at radius 1 is 1.04 bits per heavy atom. The maximum Gasteiger partial charge on any atom is 0.387 e. The summed E-state index contributed by atoms with van der Waals surface area (Å²) in [6, 6.07) is 2.00. The molecule has 27 heavy (non-hydrogen) atoms. The molecular weight excluding hydrogens is 376 g/mol. The molecule has 7 nitrogen and oxygen atoms in total. The number of ether oxygens (including phenoxy) is 2. The predicted octanol–water partition coefficient (Wildman–Crippen LogP) is 3.65. The van der Waals surface area contributed by atoms with E-state index >= 15 is 0 Å². The van der Waals surface area contributed by atoms with E-state index in [0.29, 0.717) is 25.7 Å². The van der Waals surface area contributed by atoms with Crippen LogP contribution in [0.2, 0.25) is 0 Å². The number of carboxylic acids is 1. The van der Waals surface area contributed by atoms with Gasteiger partial charge in [-0.15, -0.1) is 0 Å². The Bertz CT molecular complexity index is 666. The number of carboxylic acid groups (broad SMARTS) is 1. The summed E-state index contributed by atoms with van der Waals surface area (Å²) in [5, 5.41) is 13.9. The number of nitrogens with one attached hydrogen (secondary N) is 2. The number of rotatable bonds is 7. The Kier molecular flexibility index (Phi) is 7.08. The van der Waals surface area contributed by atoms with Gasteiger partial charge in [0, 0.05) is 12.1 Å². The molecule has 1 aromatic rings. The van der Waals surface area contributed by atoms with Gasteiger partial charge in [0.2, 0.25) is 0 Å². The molecule has 3 N–H and O–H groups in total. The summed E-state index contributed by atoms with van der Waals surface area (Å²) in [5.41, 5.74) is -0.159. The molecule has 1 aliphatic rings. The maximum absolute atomic E-state index is 12.5. The number of anilines is 1. The van der Waals surface area contributed by atoms with Gasteiger partial charge in [0.05, 0.1) is 11.6 Å². The summed E-state index contributed by atoms with van der Waals surface area (Å²) in [5.74, 6) is -2.26. The molecule has 0 unspecified atom stereocenters. The lowest BCUT2D eigenvalue weighted by molar-refractivity contribution is -0.142. The van der Waals surface area contributed by atoms with Crippen LogP contribution in [-0.4, -0.2) is 36.4 Å². The molecule has 1 fully saturated rings. The van der Waals surface area contributed by atoms with Gasteiger partial charge in [-0.1, -0.05) is 0 Å². The molecule has 11 heteroatoms. The average molecular weight is 394 g/mol. The third-order valence-corrected chi connectivity index (χ3v) is 4.05. The normalized spacial score (nSPS) is 19.6. The molecule has 0 heterocycles. The van der Waals surface area contributed by atoms with E-state index in [1.165, 1.54) is 0 Å². The number of hydrogen-bond donors (Lipinski definition) is 3. The summed E-state index contributed by atoms with van der Waals surface area (Å²) < 4.78 is 57.9. The van der Waals surface area contributed by atoms with Crippen LogP contribution in [-0.2, 0) is 4.79 Å². The molecular formula is C16H18F4N2O5. The molecule has 0 bridgehead atoms. The summed E-state index contributed by atoms with van der Waals surface area (Å²) in [7, 11) is 0. The summed E-state index contributed by atoms with van der Waals surface area (Å²) in [6.07, 6.45) is 1.76. The Hall–Kier alpha value is -2.72. The molecule has 2 amide bonds. The van der Waals surface area contributed by atoms with E-state index in [2.05, 4.69) is 20.1 Å². The molecule has 1 aliphatic carbocycles. The molecule has 0 atom stereocenters. The van der Waals surface area contributed by atoms with Crippen molar-refractivity contribution in [3.05, 3.63) is 18.2 Å². The number of alkyl halides is 4. The fraction of sp³-hybridized carbons (Fsp3) is 0.500. The summed E-state index contributed by atoms with van der Waals surface area (Å²) in [4.78, 5) is 23.0. The van der Waals surface area contributed by atoms with E-state index < -0.39 is 42.6 Å². The Morgan fingerprint density at radius 3 is 2.22 bits per heavy atom. The molecule has 0 radical (unpaired) electrons. The van der Waals surface area contributed by atoms with Gasteiger partial charge >= 0.3 is 25.2 Å². The predicted molar refractivity (Wildman–Crippen MR) is 85.2 cm³/mol. The van der Waals surface area contributed by atoms with Crippen molar-refractivity contribution in [3.63, 3.8) is 0 Å². The first kappa shape index (κ1) is 20.6. The van der Waals surface area contributed by atoms with Gasteiger partial charge in [0.1, 0.15) is 5.75 Å². The number of amides is 2. The molecule has 0 saturated heterocycles. The monoisotopic (exact) mass is 394 g/mol. The minimum atomic E-state index is -3.23. The Morgan fingerprint density at radius 2 is 1.67 bits per heavy atom. The third-order valence-electron chi connectivity index (χ3n) is 4.05. The lowest BCUT2D eigenvalue weighted by Gasteiger charge is -2.27. The largest absolute Gasteiger partial charge is 0.481 e. The van der Waals surface area contributed by atoms with Gasteiger partial charge in [-0.2, -0.15) is 17.6 Å². The molecule has 1 aromatic carbocycles. The fourth-order valence-corrected chi connectivity index (χ4v) is 2.80. The second kappa shape index (κ2) is 9.28. The van der Waals surface area contributed by atoms with Crippen molar-refractivity contribution < 1.29 is 41.7 Å². The summed E-state index contributed by atoms with van der Waals surface area (Å²) in [6.45, 7) is -6.38. The highest BCUT2D eigenvalue weighted by Crippen LogP contribution is 2.32. The van der Waals surface area contributed by atoms with Gasteiger partial charge in [-0.05, 0) is 37.8 Å². The fourth-order valence-electron chi connectivity index (χ4n) is 2.80. The Labute approximate surface area is 151 Å².